The number of benzene rings is 2. The highest BCUT2D eigenvalue weighted by Gasteiger charge is 2.20. The Hall–Kier alpha value is -3.27. The van der Waals surface area contributed by atoms with Gasteiger partial charge in [0.1, 0.15) is 17.3 Å². The van der Waals surface area contributed by atoms with Crippen LogP contribution in [0.15, 0.2) is 35.2 Å². The van der Waals surface area contributed by atoms with Crippen LogP contribution in [0.1, 0.15) is 65.8 Å². The molecule has 10 heteroatoms. The lowest BCUT2D eigenvalue weighted by molar-refractivity contribution is -0.136. The quantitative estimate of drug-likeness (QED) is 0.315. The first-order valence-electron chi connectivity index (χ1n) is 10.7. The van der Waals surface area contributed by atoms with Gasteiger partial charge in [-0.1, -0.05) is 13.3 Å². The number of ether oxygens (including phenoxy) is 1. The number of aliphatic carboxylic acids is 1. The van der Waals surface area contributed by atoms with E-state index in [4.69, 9.17) is 9.84 Å². The molecule has 0 saturated carbocycles. The molecular formula is C24H27FO8S. The van der Waals surface area contributed by atoms with Gasteiger partial charge in [0, 0.05) is 12.0 Å². The molecule has 0 saturated heterocycles. The number of hydrogen-bond donors (Lipinski definition) is 2. The van der Waals surface area contributed by atoms with Gasteiger partial charge in [0.15, 0.2) is 21.4 Å². The van der Waals surface area contributed by atoms with Crippen molar-refractivity contribution in [3.8, 4) is 11.5 Å². The molecule has 34 heavy (non-hydrogen) atoms. The number of hydrogen-bond acceptors (Lipinski definition) is 7. The van der Waals surface area contributed by atoms with Crippen molar-refractivity contribution in [2.45, 2.75) is 50.8 Å². The van der Waals surface area contributed by atoms with E-state index in [1.165, 1.54) is 13.0 Å². The zero-order valence-electron chi connectivity index (χ0n) is 19.0. The third-order valence-corrected chi connectivity index (χ3v) is 6.90. The number of Topliss-reactive ketones (excluding diaryl/α,β-unsaturated/α-hetero) is 2. The van der Waals surface area contributed by atoms with Crippen molar-refractivity contribution in [1.82, 2.24) is 0 Å². The number of carboxylic acids is 1. The fraction of sp³-hybridized carbons (Fsp3) is 0.375. The average molecular weight is 495 g/mol. The normalized spacial score (nSPS) is 11.3. The van der Waals surface area contributed by atoms with Crippen LogP contribution >= 0.6 is 0 Å². The van der Waals surface area contributed by atoms with Crippen molar-refractivity contribution in [3.63, 3.8) is 0 Å². The Morgan fingerprint density at radius 3 is 2.32 bits per heavy atom. The number of ketones is 2. The van der Waals surface area contributed by atoms with Gasteiger partial charge in [0.2, 0.25) is 0 Å². The molecule has 0 bridgehead atoms. The van der Waals surface area contributed by atoms with E-state index < -0.39 is 40.2 Å². The molecule has 0 aliphatic rings. The number of phenols is 1. The van der Waals surface area contributed by atoms with Gasteiger partial charge in [0.25, 0.3) is 0 Å². The summed E-state index contributed by atoms with van der Waals surface area (Å²) in [6, 6.07) is 5.92. The largest absolute Gasteiger partial charge is 0.507 e. The van der Waals surface area contributed by atoms with E-state index >= 15 is 0 Å². The number of rotatable bonds is 13. The van der Waals surface area contributed by atoms with Crippen LogP contribution < -0.4 is 4.74 Å². The molecule has 0 amide bonds. The fourth-order valence-electron chi connectivity index (χ4n) is 3.35. The van der Waals surface area contributed by atoms with Crippen molar-refractivity contribution < 1.29 is 42.1 Å². The van der Waals surface area contributed by atoms with E-state index in [-0.39, 0.29) is 46.3 Å². The van der Waals surface area contributed by atoms with Gasteiger partial charge in [-0.15, -0.1) is 0 Å². The standard InChI is InChI=1S/C24H27FO8S/c1-3-5-19-22(10-8-17(15(2)26)24(19)30)33-12-4-13-34(31,32)16-6-7-18(20(25)14-16)21(27)9-11-23(28)29/h6-8,10,14,30H,3-5,9,11-13H2,1-2H3,(H,28,29). The molecule has 184 valence electrons. The Balaban J connectivity index is 2.04. The molecule has 0 heterocycles. The molecule has 0 unspecified atom stereocenters. The van der Waals surface area contributed by atoms with E-state index in [2.05, 4.69) is 0 Å². The number of sulfone groups is 1. The monoisotopic (exact) mass is 494 g/mol. The van der Waals surface area contributed by atoms with Gasteiger partial charge < -0.3 is 14.9 Å². The average Bonchev–Trinajstić information content (AvgIpc) is 2.76. The highest BCUT2D eigenvalue weighted by molar-refractivity contribution is 7.91. The van der Waals surface area contributed by atoms with Crippen LogP contribution in [-0.2, 0) is 21.1 Å². The van der Waals surface area contributed by atoms with Crippen molar-refractivity contribution in [3.05, 3.63) is 52.8 Å². The van der Waals surface area contributed by atoms with Crippen LogP contribution in [0.2, 0.25) is 0 Å². The number of carbonyl (C=O) groups is 3. The van der Waals surface area contributed by atoms with Gasteiger partial charge in [-0.05, 0) is 50.1 Å². The summed E-state index contributed by atoms with van der Waals surface area (Å²) in [6.45, 7) is 3.25. The fourth-order valence-corrected chi connectivity index (χ4v) is 4.64. The minimum atomic E-state index is -3.87. The van der Waals surface area contributed by atoms with Gasteiger partial charge in [-0.25, -0.2) is 12.8 Å². The van der Waals surface area contributed by atoms with E-state index in [9.17, 15) is 32.3 Å². The molecule has 2 N–H and O–H groups in total. The summed E-state index contributed by atoms with van der Waals surface area (Å²) in [6.07, 6.45) is 0.396. The summed E-state index contributed by atoms with van der Waals surface area (Å²) in [5.74, 6) is -3.36. The van der Waals surface area contributed by atoms with Crippen molar-refractivity contribution >= 4 is 27.4 Å². The van der Waals surface area contributed by atoms with Crippen LogP contribution in [0, 0.1) is 5.82 Å². The minimum absolute atomic E-state index is 0.00302. The van der Waals surface area contributed by atoms with E-state index in [0.29, 0.717) is 24.2 Å². The highest BCUT2D eigenvalue weighted by Crippen LogP contribution is 2.33. The van der Waals surface area contributed by atoms with Crippen LogP contribution in [0.3, 0.4) is 0 Å². The lowest BCUT2D eigenvalue weighted by Gasteiger charge is -2.14. The van der Waals surface area contributed by atoms with Gasteiger partial charge in [0.05, 0.1) is 34.8 Å². The SMILES string of the molecule is CCCc1c(OCCCS(=O)(=O)c2ccc(C(=O)CCC(=O)O)c(F)c2)ccc(C(C)=O)c1O. The first-order valence-corrected chi connectivity index (χ1v) is 12.4. The first kappa shape index (κ1) is 27.0. The van der Waals surface area contributed by atoms with Gasteiger partial charge in [-0.3, -0.25) is 14.4 Å². The molecule has 2 rings (SSSR count). The summed E-state index contributed by atoms with van der Waals surface area (Å²) >= 11 is 0. The zero-order valence-corrected chi connectivity index (χ0v) is 19.8. The third-order valence-electron chi connectivity index (χ3n) is 5.10. The summed E-state index contributed by atoms with van der Waals surface area (Å²) in [5.41, 5.74) is 0.300. The maximum atomic E-state index is 14.3. The topological polar surface area (TPSA) is 135 Å². The zero-order chi connectivity index (χ0) is 25.5. The maximum Gasteiger partial charge on any atom is 0.303 e. The minimum Gasteiger partial charge on any atom is -0.507 e. The van der Waals surface area contributed by atoms with Crippen LogP contribution in [0.5, 0.6) is 11.5 Å². The van der Waals surface area contributed by atoms with Crippen molar-refractivity contribution in [2.24, 2.45) is 0 Å². The molecule has 0 aromatic heterocycles. The molecular weight excluding hydrogens is 467 g/mol. The number of aromatic hydroxyl groups is 1. The molecule has 2 aromatic carbocycles. The lowest BCUT2D eigenvalue weighted by Crippen LogP contribution is -2.12. The number of phenolic OH excluding ortho intramolecular Hbond substituents is 1. The van der Waals surface area contributed by atoms with Crippen LogP contribution in [0.4, 0.5) is 4.39 Å². The Labute approximate surface area is 197 Å². The van der Waals surface area contributed by atoms with Crippen LogP contribution in [-0.4, -0.2) is 48.5 Å². The molecule has 2 aromatic rings. The van der Waals surface area contributed by atoms with Crippen molar-refractivity contribution in [1.29, 1.82) is 0 Å². The van der Waals surface area contributed by atoms with E-state index in [1.54, 1.807) is 6.07 Å². The summed E-state index contributed by atoms with van der Waals surface area (Å²) in [4.78, 5) is 33.8. The Morgan fingerprint density at radius 2 is 1.74 bits per heavy atom. The number of carboxylic acid groups (broad SMARTS) is 1. The molecule has 0 spiro atoms. The molecule has 0 fully saturated rings. The second kappa shape index (κ2) is 11.7. The highest BCUT2D eigenvalue weighted by atomic mass is 32.2. The van der Waals surface area contributed by atoms with E-state index in [1.807, 2.05) is 6.92 Å². The summed E-state index contributed by atoms with van der Waals surface area (Å²) in [5, 5.41) is 19.0. The smallest absolute Gasteiger partial charge is 0.303 e. The first-order chi connectivity index (χ1) is 16.0. The molecule has 0 atom stereocenters. The van der Waals surface area contributed by atoms with E-state index in [0.717, 1.165) is 18.2 Å². The second-order valence-electron chi connectivity index (χ2n) is 7.72. The summed E-state index contributed by atoms with van der Waals surface area (Å²) in [7, 11) is -3.87. The summed E-state index contributed by atoms with van der Waals surface area (Å²) < 4.78 is 45.1. The second-order valence-corrected chi connectivity index (χ2v) is 9.83. The predicted octanol–water partition coefficient (Wildman–Crippen LogP) is 3.98. The van der Waals surface area contributed by atoms with Gasteiger partial charge in [-0.2, -0.15) is 0 Å². The maximum absolute atomic E-state index is 14.3. The van der Waals surface area contributed by atoms with Crippen LogP contribution in [0.25, 0.3) is 0 Å². The Morgan fingerprint density at radius 1 is 1.06 bits per heavy atom. The number of carbonyl (C=O) groups excluding carboxylic acids is 2. The molecule has 0 aliphatic carbocycles. The molecule has 0 aliphatic heterocycles. The van der Waals surface area contributed by atoms with Crippen molar-refractivity contribution in [2.75, 3.05) is 12.4 Å². The number of halogens is 1. The predicted molar refractivity (Wildman–Crippen MR) is 122 cm³/mol. The Kier molecular flexibility index (Phi) is 9.31. The molecule has 8 nitrogen and oxygen atoms in total. The third kappa shape index (κ3) is 6.86. The Bertz CT molecular complexity index is 1190. The lowest BCUT2D eigenvalue weighted by atomic mass is 10.0. The molecule has 0 radical (unpaired) electrons. The van der Waals surface area contributed by atoms with Gasteiger partial charge >= 0.3 is 5.97 Å².